The van der Waals surface area contributed by atoms with E-state index < -0.39 is 15.8 Å². The minimum absolute atomic E-state index is 0.0224. The normalized spacial score (nSPS) is 16.2. The Bertz CT molecular complexity index is 671. The SMILES string of the molecule is CS(=O)(=O)N(CCCC(=O)NC1CCCCCC1)c1ccccc1F. The average molecular weight is 370 g/mol. The van der Waals surface area contributed by atoms with Gasteiger partial charge in [0.2, 0.25) is 15.9 Å². The molecule has 0 radical (unpaired) electrons. The standard InChI is InChI=1S/C18H27FN2O3S/c1-25(23,24)21(17-12-7-6-11-16(17)19)14-8-13-18(22)20-15-9-4-2-3-5-10-15/h6-7,11-12,15H,2-5,8-10,13-14H2,1H3,(H,20,22). The number of carbonyl (C=O) groups excluding carboxylic acids is 1. The Morgan fingerprint density at radius 2 is 1.84 bits per heavy atom. The molecule has 1 amide bonds. The average Bonchev–Trinajstić information content (AvgIpc) is 2.80. The smallest absolute Gasteiger partial charge is 0.232 e. The van der Waals surface area contributed by atoms with Crippen LogP contribution in [0.2, 0.25) is 0 Å². The topological polar surface area (TPSA) is 66.5 Å². The van der Waals surface area contributed by atoms with Gasteiger partial charge in [0, 0.05) is 19.0 Å². The molecule has 0 atom stereocenters. The third-order valence-corrected chi connectivity index (χ3v) is 5.69. The highest BCUT2D eigenvalue weighted by atomic mass is 32.2. The maximum absolute atomic E-state index is 13.9. The Hall–Kier alpha value is -1.63. The number of nitrogens with one attached hydrogen (secondary N) is 1. The molecule has 1 N–H and O–H groups in total. The predicted octanol–water partition coefficient (Wildman–Crippen LogP) is 3.21. The predicted molar refractivity (Wildman–Crippen MR) is 97.5 cm³/mol. The number of halogens is 1. The van der Waals surface area contributed by atoms with E-state index in [1.165, 1.54) is 31.0 Å². The van der Waals surface area contributed by atoms with Crippen LogP contribution in [0.1, 0.15) is 51.4 Å². The lowest BCUT2D eigenvalue weighted by molar-refractivity contribution is -0.121. The molecule has 1 aromatic rings. The Morgan fingerprint density at radius 3 is 2.44 bits per heavy atom. The molecule has 0 heterocycles. The first-order valence-electron chi connectivity index (χ1n) is 8.89. The van der Waals surface area contributed by atoms with E-state index in [1.54, 1.807) is 6.07 Å². The van der Waals surface area contributed by atoms with Crippen molar-refractivity contribution < 1.29 is 17.6 Å². The molecule has 1 aliphatic carbocycles. The van der Waals surface area contributed by atoms with Crippen molar-refractivity contribution in [2.45, 2.75) is 57.4 Å². The Labute approximate surface area is 149 Å². The molecule has 25 heavy (non-hydrogen) atoms. The lowest BCUT2D eigenvalue weighted by atomic mass is 10.1. The number of benzene rings is 1. The van der Waals surface area contributed by atoms with E-state index in [1.807, 2.05) is 0 Å². The van der Waals surface area contributed by atoms with Crippen molar-refractivity contribution >= 4 is 21.6 Å². The highest BCUT2D eigenvalue weighted by Crippen LogP contribution is 2.22. The summed E-state index contributed by atoms with van der Waals surface area (Å²) in [6.45, 7) is 0.0812. The summed E-state index contributed by atoms with van der Waals surface area (Å²) < 4.78 is 38.9. The number of carbonyl (C=O) groups is 1. The van der Waals surface area contributed by atoms with Crippen LogP contribution in [-0.2, 0) is 14.8 Å². The Morgan fingerprint density at radius 1 is 1.20 bits per heavy atom. The number of anilines is 1. The summed E-state index contributed by atoms with van der Waals surface area (Å²) in [5.74, 6) is -0.648. The molecule has 0 saturated heterocycles. The van der Waals surface area contributed by atoms with Gasteiger partial charge in [0.05, 0.1) is 11.9 Å². The zero-order valence-electron chi connectivity index (χ0n) is 14.7. The molecule has 2 rings (SSSR count). The molecule has 5 nitrogen and oxygen atoms in total. The Balaban J connectivity index is 1.88. The third-order valence-electron chi connectivity index (χ3n) is 4.51. The van der Waals surface area contributed by atoms with Gasteiger partial charge < -0.3 is 5.32 Å². The molecule has 0 bridgehead atoms. The van der Waals surface area contributed by atoms with Gasteiger partial charge in [0.1, 0.15) is 5.82 Å². The molecule has 140 valence electrons. The summed E-state index contributed by atoms with van der Waals surface area (Å²) in [6, 6.07) is 6.00. The summed E-state index contributed by atoms with van der Waals surface area (Å²) in [4.78, 5) is 12.1. The van der Waals surface area contributed by atoms with Crippen LogP contribution in [0.25, 0.3) is 0 Å². The van der Waals surface area contributed by atoms with Gasteiger partial charge in [-0.1, -0.05) is 37.8 Å². The van der Waals surface area contributed by atoms with Crippen molar-refractivity contribution in [3.63, 3.8) is 0 Å². The van der Waals surface area contributed by atoms with E-state index in [2.05, 4.69) is 5.32 Å². The number of rotatable bonds is 7. The molecule has 1 aliphatic rings. The molecule has 1 aromatic carbocycles. The molecule has 7 heteroatoms. The van der Waals surface area contributed by atoms with E-state index in [0.717, 1.165) is 36.2 Å². The summed E-state index contributed by atoms with van der Waals surface area (Å²) in [5.41, 5.74) is 0.0224. The first-order chi connectivity index (χ1) is 11.9. The van der Waals surface area contributed by atoms with Crippen LogP contribution in [-0.4, -0.2) is 33.2 Å². The van der Waals surface area contributed by atoms with Gasteiger partial charge in [-0.2, -0.15) is 0 Å². The Kier molecular flexibility index (Phi) is 7.23. The number of sulfonamides is 1. The van der Waals surface area contributed by atoms with Crippen molar-refractivity contribution in [2.24, 2.45) is 0 Å². The molecule has 1 saturated carbocycles. The number of para-hydroxylation sites is 1. The fraction of sp³-hybridized carbons (Fsp3) is 0.611. The van der Waals surface area contributed by atoms with Crippen molar-refractivity contribution in [2.75, 3.05) is 17.1 Å². The van der Waals surface area contributed by atoms with Gasteiger partial charge in [0.15, 0.2) is 0 Å². The minimum atomic E-state index is -3.61. The van der Waals surface area contributed by atoms with Crippen molar-refractivity contribution in [1.29, 1.82) is 0 Å². The van der Waals surface area contributed by atoms with Crippen molar-refractivity contribution in [3.05, 3.63) is 30.1 Å². The quantitative estimate of drug-likeness (QED) is 0.750. The van der Waals surface area contributed by atoms with Crippen LogP contribution >= 0.6 is 0 Å². The zero-order chi connectivity index (χ0) is 18.3. The fourth-order valence-electron chi connectivity index (χ4n) is 3.23. The molecule has 1 fully saturated rings. The monoisotopic (exact) mass is 370 g/mol. The van der Waals surface area contributed by atoms with Gasteiger partial charge >= 0.3 is 0 Å². The number of amides is 1. The van der Waals surface area contributed by atoms with Crippen LogP contribution < -0.4 is 9.62 Å². The first-order valence-corrected chi connectivity index (χ1v) is 10.7. The molecule has 0 spiro atoms. The summed E-state index contributed by atoms with van der Waals surface area (Å²) in [7, 11) is -3.61. The largest absolute Gasteiger partial charge is 0.353 e. The van der Waals surface area contributed by atoms with Gasteiger partial charge in [-0.15, -0.1) is 0 Å². The highest BCUT2D eigenvalue weighted by Gasteiger charge is 2.21. The first kappa shape index (κ1) is 19.7. The van der Waals surface area contributed by atoms with Crippen LogP contribution in [0, 0.1) is 5.82 Å². The zero-order valence-corrected chi connectivity index (χ0v) is 15.5. The maximum Gasteiger partial charge on any atom is 0.232 e. The second-order valence-corrected chi connectivity index (χ2v) is 8.55. The van der Waals surface area contributed by atoms with Crippen molar-refractivity contribution in [1.82, 2.24) is 5.32 Å². The maximum atomic E-state index is 13.9. The highest BCUT2D eigenvalue weighted by molar-refractivity contribution is 7.92. The van der Waals surface area contributed by atoms with Crippen LogP contribution in [0.3, 0.4) is 0 Å². The second kappa shape index (κ2) is 9.17. The van der Waals surface area contributed by atoms with E-state index in [4.69, 9.17) is 0 Å². The number of nitrogens with zero attached hydrogens (tertiary/aromatic N) is 1. The lowest BCUT2D eigenvalue weighted by Gasteiger charge is -2.23. The lowest BCUT2D eigenvalue weighted by Crippen LogP contribution is -2.36. The van der Waals surface area contributed by atoms with Crippen LogP contribution in [0.4, 0.5) is 10.1 Å². The fourth-order valence-corrected chi connectivity index (χ4v) is 4.19. The summed E-state index contributed by atoms with van der Waals surface area (Å²) in [6.07, 6.45) is 8.37. The van der Waals surface area contributed by atoms with E-state index in [-0.39, 0.29) is 30.6 Å². The van der Waals surface area contributed by atoms with Crippen molar-refractivity contribution in [3.8, 4) is 0 Å². The number of hydrogen-bond donors (Lipinski definition) is 1. The van der Waals surface area contributed by atoms with Gasteiger partial charge in [-0.3, -0.25) is 9.10 Å². The molecular weight excluding hydrogens is 343 g/mol. The number of hydrogen-bond acceptors (Lipinski definition) is 3. The third kappa shape index (κ3) is 6.30. The second-order valence-electron chi connectivity index (χ2n) is 6.65. The minimum Gasteiger partial charge on any atom is -0.353 e. The van der Waals surface area contributed by atoms with Gasteiger partial charge in [-0.05, 0) is 31.4 Å². The van der Waals surface area contributed by atoms with Gasteiger partial charge in [0.25, 0.3) is 0 Å². The van der Waals surface area contributed by atoms with E-state index in [9.17, 15) is 17.6 Å². The molecule has 0 aliphatic heterocycles. The van der Waals surface area contributed by atoms with Crippen LogP contribution in [0.5, 0.6) is 0 Å². The van der Waals surface area contributed by atoms with Crippen LogP contribution in [0.15, 0.2) is 24.3 Å². The summed E-state index contributed by atoms with van der Waals surface area (Å²) >= 11 is 0. The molecular formula is C18H27FN2O3S. The van der Waals surface area contributed by atoms with E-state index >= 15 is 0 Å². The molecule has 0 aromatic heterocycles. The summed E-state index contributed by atoms with van der Waals surface area (Å²) in [5, 5.41) is 3.04. The van der Waals surface area contributed by atoms with E-state index in [0.29, 0.717) is 6.42 Å². The molecule has 0 unspecified atom stereocenters. The van der Waals surface area contributed by atoms with Gasteiger partial charge in [-0.25, -0.2) is 12.8 Å².